The number of carboxylic acid groups (broad SMARTS) is 2. The van der Waals surface area contributed by atoms with Crippen LogP contribution in [0.5, 0.6) is 0 Å². The molecule has 120 valence electrons. The molecule has 0 heterocycles. The molecule has 0 atom stereocenters. The summed E-state index contributed by atoms with van der Waals surface area (Å²) in [5.74, 6) is -2.41. The SMILES string of the molecule is Cc1ccc(S(=O)(=O)Nc2cccc(C(=O)O)c2)cc1C(=O)O. The van der Waals surface area contributed by atoms with Gasteiger partial charge < -0.3 is 10.2 Å². The molecular weight excluding hydrogens is 322 g/mol. The van der Waals surface area contributed by atoms with Gasteiger partial charge in [0.15, 0.2) is 0 Å². The molecule has 0 saturated carbocycles. The average molecular weight is 335 g/mol. The molecule has 8 heteroatoms. The van der Waals surface area contributed by atoms with E-state index in [9.17, 15) is 18.0 Å². The summed E-state index contributed by atoms with van der Waals surface area (Å²) in [4.78, 5) is 21.8. The molecule has 7 nitrogen and oxygen atoms in total. The van der Waals surface area contributed by atoms with Gasteiger partial charge >= 0.3 is 11.9 Å². The minimum Gasteiger partial charge on any atom is -0.478 e. The Morgan fingerprint density at radius 2 is 1.70 bits per heavy atom. The Morgan fingerprint density at radius 3 is 2.30 bits per heavy atom. The molecule has 0 fully saturated rings. The fourth-order valence-electron chi connectivity index (χ4n) is 1.93. The lowest BCUT2D eigenvalue weighted by Gasteiger charge is -2.10. The number of carbonyl (C=O) groups is 2. The highest BCUT2D eigenvalue weighted by Gasteiger charge is 2.18. The summed E-state index contributed by atoms with van der Waals surface area (Å²) in [6.45, 7) is 1.56. The molecule has 23 heavy (non-hydrogen) atoms. The highest BCUT2D eigenvalue weighted by atomic mass is 32.2. The smallest absolute Gasteiger partial charge is 0.335 e. The van der Waals surface area contributed by atoms with Gasteiger partial charge in [-0.05, 0) is 42.8 Å². The Balaban J connectivity index is 2.40. The molecule has 0 saturated heterocycles. The zero-order valence-electron chi connectivity index (χ0n) is 12.0. The molecule has 0 spiro atoms. The number of sulfonamides is 1. The molecule has 0 aliphatic carbocycles. The first-order chi connectivity index (χ1) is 10.7. The van der Waals surface area contributed by atoms with Gasteiger partial charge in [-0.1, -0.05) is 12.1 Å². The zero-order chi connectivity index (χ0) is 17.2. The van der Waals surface area contributed by atoms with E-state index in [1.807, 2.05) is 0 Å². The second kappa shape index (κ2) is 6.09. The Bertz CT molecular complexity index is 889. The third-order valence-corrected chi connectivity index (χ3v) is 4.49. The zero-order valence-corrected chi connectivity index (χ0v) is 12.8. The van der Waals surface area contributed by atoms with Crippen LogP contribution in [0.3, 0.4) is 0 Å². The van der Waals surface area contributed by atoms with Crippen LogP contribution in [0.1, 0.15) is 26.3 Å². The number of aromatic carboxylic acids is 2. The molecule has 0 unspecified atom stereocenters. The van der Waals surface area contributed by atoms with Gasteiger partial charge in [0, 0.05) is 5.69 Å². The summed E-state index contributed by atoms with van der Waals surface area (Å²) < 4.78 is 26.9. The predicted molar refractivity (Wildman–Crippen MR) is 82.3 cm³/mol. The van der Waals surface area contributed by atoms with Crippen molar-refractivity contribution in [3.63, 3.8) is 0 Å². The molecule has 2 aromatic rings. The minimum atomic E-state index is -4.03. The maximum Gasteiger partial charge on any atom is 0.335 e. The number of benzene rings is 2. The van der Waals surface area contributed by atoms with Crippen molar-refractivity contribution in [2.45, 2.75) is 11.8 Å². The molecule has 2 rings (SSSR count). The molecular formula is C15H13NO6S. The van der Waals surface area contributed by atoms with E-state index < -0.39 is 22.0 Å². The number of anilines is 1. The lowest BCUT2D eigenvalue weighted by molar-refractivity contribution is 0.0685. The molecule has 0 radical (unpaired) electrons. The van der Waals surface area contributed by atoms with Gasteiger partial charge in [0.1, 0.15) is 0 Å². The number of rotatable bonds is 5. The predicted octanol–water partition coefficient (Wildman–Crippen LogP) is 2.19. The molecule has 0 amide bonds. The van der Waals surface area contributed by atoms with Crippen LogP contribution in [0, 0.1) is 6.92 Å². The maximum atomic E-state index is 12.3. The summed E-state index contributed by atoms with van der Waals surface area (Å²) >= 11 is 0. The van der Waals surface area contributed by atoms with Crippen LogP contribution in [0.4, 0.5) is 5.69 Å². The Morgan fingerprint density at radius 1 is 1.00 bits per heavy atom. The molecule has 0 bridgehead atoms. The summed E-state index contributed by atoms with van der Waals surface area (Å²) in [6.07, 6.45) is 0. The lowest BCUT2D eigenvalue weighted by Crippen LogP contribution is -2.14. The average Bonchev–Trinajstić information content (AvgIpc) is 2.46. The molecule has 0 aliphatic heterocycles. The van der Waals surface area contributed by atoms with Gasteiger partial charge in [0.05, 0.1) is 16.0 Å². The highest BCUT2D eigenvalue weighted by molar-refractivity contribution is 7.92. The van der Waals surface area contributed by atoms with Crippen molar-refractivity contribution >= 4 is 27.6 Å². The summed E-state index contributed by atoms with van der Waals surface area (Å²) in [6, 6.07) is 9.04. The van der Waals surface area contributed by atoms with E-state index in [-0.39, 0.29) is 21.7 Å². The Hall–Kier alpha value is -2.87. The largest absolute Gasteiger partial charge is 0.478 e. The second-order valence-corrected chi connectivity index (χ2v) is 6.46. The summed E-state index contributed by atoms with van der Waals surface area (Å²) in [7, 11) is -4.03. The first-order valence-electron chi connectivity index (χ1n) is 6.41. The van der Waals surface area contributed by atoms with Gasteiger partial charge in [-0.15, -0.1) is 0 Å². The van der Waals surface area contributed by atoms with Crippen LogP contribution in [0.25, 0.3) is 0 Å². The van der Waals surface area contributed by atoms with E-state index in [1.54, 1.807) is 6.92 Å². The molecule has 0 aliphatic rings. The van der Waals surface area contributed by atoms with Crippen molar-refractivity contribution in [2.75, 3.05) is 4.72 Å². The van der Waals surface area contributed by atoms with Crippen molar-refractivity contribution in [3.05, 3.63) is 59.2 Å². The first kappa shape index (κ1) is 16.5. The van der Waals surface area contributed by atoms with Gasteiger partial charge in [-0.3, -0.25) is 4.72 Å². The van der Waals surface area contributed by atoms with Crippen molar-refractivity contribution in [3.8, 4) is 0 Å². The minimum absolute atomic E-state index is 0.0691. The number of carboxylic acids is 2. The van der Waals surface area contributed by atoms with Crippen LogP contribution in [-0.4, -0.2) is 30.6 Å². The molecule has 3 N–H and O–H groups in total. The van der Waals surface area contributed by atoms with E-state index in [0.717, 1.165) is 6.07 Å². The quantitative estimate of drug-likeness (QED) is 0.770. The van der Waals surface area contributed by atoms with Crippen molar-refractivity contribution in [1.29, 1.82) is 0 Å². The standard InChI is InChI=1S/C15H13NO6S/c1-9-5-6-12(8-13(9)15(19)20)23(21,22)16-11-4-2-3-10(7-11)14(17)18/h2-8,16H,1H3,(H,17,18)(H,19,20). The number of aryl methyl sites for hydroxylation is 1. The summed E-state index contributed by atoms with van der Waals surface area (Å²) in [5, 5.41) is 18.0. The third kappa shape index (κ3) is 3.67. The van der Waals surface area contributed by atoms with Crippen LogP contribution in [0.2, 0.25) is 0 Å². The van der Waals surface area contributed by atoms with Gasteiger partial charge in [0.25, 0.3) is 10.0 Å². The van der Waals surface area contributed by atoms with Gasteiger partial charge in [0.2, 0.25) is 0 Å². The fraction of sp³-hybridized carbons (Fsp3) is 0.0667. The van der Waals surface area contributed by atoms with Crippen LogP contribution in [-0.2, 0) is 10.0 Å². The number of hydrogen-bond donors (Lipinski definition) is 3. The Kier molecular flexibility index (Phi) is 4.37. The third-order valence-electron chi connectivity index (χ3n) is 3.11. The van der Waals surface area contributed by atoms with Crippen molar-refractivity contribution in [2.24, 2.45) is 0 Å². The Labute approximate surface area is 132 Å². The maximum absolute atomic E-state index is 12.3. The van der Waals surface area contributed by atoms with Crippen molar-refractivity contribution < 1.29 is 28.2 Å². The highest BCUT2D eigenvalue weighted by Crippen LogP contribution is 2.20. The summed E-state index contributed by atoms with van der Waals surface area (Å²) in [5.41, 5.74) is 0.319. The lowest BCUT2D eigenvalue weighted by atomic mass is 10.1. The molecule has 0 aromatic heterocycles. The number of hydrogen-bond acceptors (Lipinski definition) is 4. The fourth-order valence-corrected chi connectivity index (χ4v) is 3.00. The first-order valence-corrected chi connectivity index (χ1v) is 7.89. The van der Waals surface area contributed by atoms with Gasteiger partial charge in [-0.25, -0.2) is 18.0 Å². The van der Waals surface area contributed by atoms with E-state index in [2.05, 4.69) is 4.72 Å². The monoisotopic (exact) mass is 335 g/mol. The van der Waals surface area contributed by atoms with E-state index in [4.69, 9.17) is 10.2 Å². The van der Waals surface area contributed by atoms with Crippen LogP contribution in [0.15, 0.2) is 47.4 Å². The number of nitrogens with one attached hydrogen (secondary N) is 1. The van der Waals surface area contributed by atoms with Crippen LogP contribution < -0.4 is 4.72 Å². The topological polar surface area (TPSA) is 121 Å². The van der Waals surface area contributed by atoms with E-state index >= 15 is 0 Å². The van der Waals surface area contributed by atoms with Gasteiger partial charge in [-0.2, -0.15) is 0 Å². The van der Waals surface area contributed by atoms with E-state index in [1.165, 1.54) is 36.4 Å². The van der Waals surface area contributed by atoms with Crippen molar-refractivity contribution in [1.82, 2.24) is 0 Å². The van der Waals surface area contributed by atoms with Crippen LogP contribution >= 0.6 is 0 Å². The van der Waals surface area contributed by atoms with E-state index in [0.29, 0.717) is 5.56 Å². The second-order valence-electron chi connectivity index (χ2n) is 4.77. The normalized spacial score (nSPS) is 11.0. The molecule has 2 aromatic carbocycles.